The zero-order valence-electron chi connectivity index (χ0n) is 5.41. The summed E-state index contributed by atoms with van der Waals surface area (Å²) in [7, 11) is 0. The number of nitrogen functional groups attached to an aromatic ring is 1. The Morgan fingerprint density at radius 2 is 2.50 bits per heavy atom. The molecule has 0 aromatic carbocycles. The Labute approximate surface area is 59.3 Å². The Morgan fingerprint density at radius 1 is 1.70 bits per heavy atom. The van der Waals surface area contributed by atoms with Crippen molar-refractivity contribution in [2.45, 2.75) is 6.42 Å². The van der Waals surface area contributed by atoms with Gasteiger partial charge in [-0.15, -0.1) is 12.3 Å². The third-order valence-electron chi connectivity index (χ3n) is 1.02. The van der Waals surface area contributed by atoms with Crippen LogP contribution < -0.4 is 5.73 Å². The Kier molecular flexibility index (Phi) is 1.86. The molecule has 0 bridgehead atoms. The van der Waals surface area contributed by atoms with Crippen LogP contribution in [0.5, 0.6) is 0 Å². The molecule has 0 aliphatic carbocycles. The fraction of sp³-hybridized carbons (Fsp3) is 0.143. The summed E-state index contributed by atoms with van der Waals surface area (Å²) in [5, 5.41) is 0. The van der Waals surface area contributed by atoms with Gasteiger partial charge in [0.05, 0.1) is 12.1 Å². The van der Waals surface area contributed by atoms with Crippen LogP contribution in [-0.4, -0.2) is 9.97 Å². The zero-order valence-corrected chi connectivity index (χ0v) is 5.41. The third-order valence-corrected chi connectivity index (χ3v) is 1.02. The first-order chi connectivity index (χ1) is 4.83. The molecular weight excluding hydrogens is 126 g/mol. The molecule has 0 unspecified atom stereocenters. The van der Waals surface area contributed by atoms with Crippen molar-refractivity contribution in [3.63, 3.8) is 0 Å². The molecule has 1 rings (SSSR count). The Morgan fingerprint density at radius 3 is 3.10 bits per heavy atom. The molecule has 0 aliphatic rings. The van der Waals surface area contributed by atoms with E-state index in [1.807, 2.05) is 0 Å². The van der Waals surface area contributed by atoms with Crippen LogP contribution in [0.15, 0.2) is 12.3 Å². The molecule has 0 saturated carbocycles. The number of rotatable bonds is 1. The van der Waals surface area contributed by atoms with Crippen molar-refractivity contribution in [2.75, 3.05) is 5.73 Å². The minimum Gasteiger partial charge on any atom is -0.368 e. The van der Waals surface area contributed by atoms with Gasteiger partial charge in [-0.3, -0.25) is 0 Å². The molecule has 0 atom stereocenters. The monoisotopic (exact) mass is 133 g/mol. The Hall–Kier alpha value is -1.56. The van der Waals surface area contributed by atoms with Crippen molar-refractivity contribution < 1.29 is 0 Å². The van der Waals surface area contributed by atoms with Crippen LogP contribution >= 0.6 is 0 Å². The molecule has 1 aromatic heterocycles. The van der Waals surface area contributed by atoms with Crippen LogP contribution in [0.25, 0.3) is 0 Å². The molecule has 0 spiro atoms. The van der Waals surface area contributed by atoms with Gasteiger partial charge in [0.1, 0.15) is 0 Å². The van der Waals surface area contributed by atoms with E-state index in [4.69, 9.17) is 12.2 Å². The van der Waals surface area contributed by atoms with Crippen molar-refractivity contribution in [3.05, 3.63) is 18.0 Å². The molecule has 1 heterocycles. The van der Waals surface area contributed by atoms with Crippen LogP contribution in [0.1, 0.15) is 5.69 Å². The van der Waals surface area contributed by atoms with Gasteiger partial charge in [0.2, 0.25) is 5.95 Å². The summed E-state index contributed by atoms with van der Waals surface area (Å²) < 4.78 is 0. The summed E-state index contributed by atoms with van der Waals surface area (Å²) in [6.45, 7) is 0. The van der Waals surface area contributed by atoms with Gasteiger partial charge in [-0.05, 0) is 6.07 Å². The van der Waals surface area contributed by atoms with Crippen LogP contribution in [0.2, 0.25) is 0 Å². The number of anilines is 1. The predicted octanol–water partition coefficient (Wildman–Crippen LogP) is 0.235. The number of hydrogen-bond donors (Lipinski definition) is 1. The topological polar surface area (TPSA) is 51.8 Å². The van der Waals surface area contributed by atoms with Gasteiger partial charge < -0.3 is 5.73 Å². The first-order valence-electron chi connectivity index (χ1n) is 2.84. The van der Waals surface area contributed by atoms with E-state index in [1.54, 1.807) is 12.3 Å². The Bertz CT molecular complexity index is 262. The summed E-state index contributed by atoms with van der Waals surface area (Å²) in [5.74, 6) is 2.74. The van der Waals surface area contributed by atoms with Crippen LogP contribution in [0, 0.1) is 12.3 Å². The van der Waals surface area contributed by atoms with Crippen LogP contribution in [0.3, 0.4) is 0 Å². The maximum Gasteiger partial charge on any atom is 0.220 e. The third kappa shape index (κ3) is 1.46. The fourth-order valence-corrected chi connectivity index (χ4v) is 0.616. The van der Waals surface area contributed by atoms with Gasteiger partial charge in [0.25, 0.3) is 0 Å². The molecule has 0 amide bonds. The normalized spacial score (nSPS) is 8.70. The van der Waals surface area contributed by atoms with Gasteiger partial charge in [-0.25, -0.2) is 9.97 Å². The molecule has 50 valence electrons. The predicted molar refractivity (Wildman–Crippen MR) is 39.0 cm³/mol. The molecule has 10 heavy (non-hydrogen) atoms. The average Bonchev–Trinajstić information content (AvgIpc) is 1.88. The minimum atomic E-state index is 0.271. The van der Waals surface area contributed by atoms with E-state index < -0.39 is 0 Å². The summed E-state index contributed by atoms with van der Waals surface area (Å²) >= 11 is 0. The second kappa shape index (κ2) is 2.83. The largest absolute Gasteiger partial charge is 0.368 e. The molecule has 3 nitrogen and oxygen atoms in total. The van der Waals surface area contributed by atoms with E-state index in [1.165, 1.54) is 0 Å². The maximum atomic E-state index is 5.30. The highest BCUT2D eigenvalue weighted by Gasteiger charge is 1.90. The van der Waals surface area contributed by atoms with E-state index in [2.05, 4.69) is 15.9 Å². The first kappa shape index (κ1) is 6.56. The maximum absolute atomic E-state index is 5.30. The Balaban J connectivity index is 2.87. The molecule has 0 saturated heterocycles. The lowest BCUT2D eigenvalue weighted by Crippen LogP contribution is -1.96. The summed E-state index contributed by atoms with van der Waals surface area (Å²) in [6.07, 6.45) is 7.16. The van der Waals surface area contributed by atoms with Crippen molar-refractivity contribution in [3.8, 4) is 12.3 Å². The molecule has 0 radical (unpaired) electrons. The average molecular weight is 133 g/mol. The molecule has 2 N–H and O–H groups in total. The smallest absolute Gasteiger partial charge is 0.220 e. The second-order valence-electron chi connectivity index (χ2n) is 1.79. The molecule has 0 aliphatic heterocycles. The van der Waals surface area contributed by atoms with Gasteiger partial charge in [-0.2, -0.15) is 0 Å². The van der Waals surface area contributed by atoms with Crippen LogP contribution in [0.4, 0.5) is 5.95 Å². The lowest BCUT2D eigenvalue weighted by atomic mass is 10.3. The summed E-state index contributed by atoms with van der Waals surface area (Å²) in [5.41, 5.74) is 6.09. The van der Waals surface area contributed by atoms with E-state index in [0.717, 1.165) is 5.69 Å². The molecular formula is C7H7N3. The van der Waals surface area contributed by atoms with Crippen LogP contribution in [-0.2, 0) is 6.42 Å². The highest BCUT2D eigenvalue weighted by atomic mass is 15.0. The minimum absolute atomic E-state index is 0.271. The lowest BCUT2D eigenvalue weighted by molar-refractivity contribution is 1.08. The number of nitrogens with zero attached hydrogens (tertiary/aromatic N) is 2. The first-order valence-corrected chi connectivity index (χ1v) is 2.84. The van der Waals surface area contributed by atoms with Crippen molar-refractivity contribution in [1.29, 1.82) is 0 Å². The summed E-state index contributed by atoms with van der Waals surface area (Å²) in [6, 6.07) is 1.75. The molecule has 3 heteroatoms. The summed E-state index contributed by atoms with van der Waals surface area (Å²) in [4.78, 5) is 7.61. The SMILES string of the molecule is C#CCc1ccnc(N)n1. The number of aromatic nitrogens is 2. The van der Waals surface area contributed by atoms with Gasteiger partial charge >= 0.3 is 0 Å². The van der Waals surface area contributed by atoms with Crippen molar-refractivity contribution in [2.24, 2.45) is 0 Å². The van der Waals surface area contributed by atoms with Gasteiger partial charge in [-0.1, -0.05) is 0 Å². The van der Waals surface area contributed by atoms with Crippen molar-refractivity contribution >= 4 is 5.95 Å². The zero-order chi connectivity index (χ0) is 7.40. The van der Waals surface area contributed by atoms with Crippen molar-refractivity contribution in [1.82, 2.24) is 9.97 Å². The van der Waals surface area contributed by atoms with E-state index in [0.29, 0.717) is 6.42 Å². The van der Waals surface area contributed by atoms with Gasteiger partial charge in [0.15, 0.2) is 0 Å². The number of nitrogens with two attached hydrogens (primary N) is 1. The quantitative estimate of drug-likeness (QED) is 0.558. The lowest BCUT2D eigenvalue weighted by Gasteiger charge is -1.93. The second-order valence-corrected chi connectivity index (χ2v) is 1.79. The van der Waals surface area contributed by atoms with E-state index in [-0.39, 0.29) is 5.95 Å². The van der Waals surface area contributed by atoms with Gasteiger partial charge in [0, 0.05) is 6.20 Å². The number of terminal acetylenes is 1. The fourth-order valence-electron chi connectivity index (χ4n) is 0.616. The molecule has 0 fully saturated rings. The molecule has 1 aromatic rings. The van der Waals surface area contributed by atoms with E-state index in [9.17, 15) is 0 Å². The van der Waals surface area contributed by atoms with E-state index >= 15 is 0 Å². The number of hydrogen-bond acceptors (Lipinski definition) is 3. The standard InChI is InChI=1S/C7H7N3/c1-2-3-6-4-5-9-7(8)10-6/h1,4-5H,3H2,(H2,8,9,10). The highest BCUT2D eigenvalue weighted by molar-refractivity contribution is 5.19. The highest BCUT2D eigenvalue weighted by Crippen LogP contribution is 1.95.